The summed E-state index contributed by atoms with van der Waals surface area (Å²) < 4.78 is 39.3. The summed E-state index contributed by atoms with van der Waals surface area (Å²) in [6.45, 7) is 1.71. The molecule has 0 fully saturated rings. The number of hydrogen-bond acceptors (Lipinski definition) is 3. The highest BCUT2D eigenvalue weighted by molar-refractivity contribution is 5.94. The summed E-state index contributed by atoms with van der Waals surface area (Å²) in [6.07, 6.45) is -1.31. The van der Waals surface area contributed by atoms with E-state index in [2.05, 4.69) is 15.5 Å². The molecule has 0 aliphatic carbocycles. The zero-order valence-corrected chi connectivity index (χ0v) is 12.6. The van der Waals surface area contributed by atoms with Crippen molar-refractivity contribution in [1.82, 2.24) is 19.9 Å². The molecule has 1 aromatic carbocycles. The first-order valence-corrected chi connectivity index (χ1v) is 7.12. The first-order valence-electron chi connectivity index (χ1n) is 7.12. The maximum absolute atomic E-state index is 12.6. The number of benzene rings is 1. The smallest absolute Gasteiger partial charge is 0.345 e. The number of alkyl halides is 3. The number of pyridine rings is 1. The second-order valence-electron chi connectivity index (χ2n) is 5.33. The van der Waals surface area contributed by atoms with Gasteiger partial charge in [0.1, 0.15) is 6.33 Å². The van der Waals surface area contributed by atoms with Crippen molar-refractivity contribution in [3.8, 4) is 0 Å². The molecule has 8 heteroatoms. The van der Waals surface area contributed by atoms with E-state index in [1.807, 2.05) is 0 Å². The Kier molecular flexibility index (Phi) is 3.96. The lowest BCUT2D eigenvalue weighted by Gasteiger charge is -2.15. The summed E-state index contributed by atoms with van der Waals surface area (Å²) in [5, 5.41) is 10.3. The molecule has 124 valence electrons. The number of rotatable bonds is 3. The molecule has 1 amide bonds. The van der Waals surface area contributed by atoms with Gasteiger partial charge in [0.05, 0.1) is 17.2 Å². The highest BCUT2D eigenvalue weighted by atomic mass is 19.4. The Balaban J connectivity index is 1.73. The molecule has 1 atom stereocenters. The van der Waals surface area contributed by atoms with Gasteiger partial charge in [-0.15, -0.1) is 10.2 Å². The van der Waals surface area contributed by atoms with Crippen molar-refractivity contribution in [2.24, 2.45) is 0 Å². The van der Waals surface area contributed by atoms with Gasteiger partial charge in [0.15, 0.2) is 5.65 Å². The van der Waals surface area contributed by atoms with E-state index in [1.165, 1.54) is 18.5 Å². The van der Waals surface area contributed by atoms with Crippen LogP contribution in [0.2, 0.25) is 0 Å². The van der Waals surface area contributed by atoms with Crippen LogP contribution < -0.4 is 5.32 Å². The standard InChI is InChI=1S/C16H13F3N4O/c1-10(11-2-5-13(6-3-11)16(17,18)19)21-15(24)12-4-7-14-22-20-9-23(14)8-12/h2-10H,1H3,(H,21,24)/t10-/m1/s1. The number of amides is 1. The Hall–Kier alpha value is -2.90. The summed E-state index contributed by atoms with van der Waals surface area (Å²) in [7, 11) is 0. The van der Waals surface area contributed by atoms with Crippen LogP contribution in [0.3, 0.4) is 0 Å². The van der Waals surface area contributed by atoms with Crippen molar-refractivity contribution >= 4 is 11.6 Å². The Morgan fingerprint density at radius 2 is 1.88 bits per heavy atom. The van der Waals surface area contributed by atoms with E-state index >= 15 is 0 Å². The predicted octanol–water partition coefficient (Wildman–Crippen LogP) is 3.24. The molecule has 0 aliphatic rings. The number of carbonyl (C=O) groups is 1. The van der Waals surface area contributed by atoms with Crippen molar-refractivity contribution < 1.29 is 18.0 Å². The lowest BCUT2D eigenvalue weighted by molar-refractivity contribution is -0.137. The SMILES string of the molecule is C[C@@H](NC(=O)c1ccc2nncn2c1)c1ccc(C(F)(F)F)cc1. The molecule has 0 saturated heterocycles. The van der Waals surface area contributed by atoms with Crippen LogP contribution >= 0.6 is 0 Å². The molecule has 3 rings (SSSR count). The zero-order valence-electron chi connectivity index (χ0n) is 12.6. The summed E-state index contributed by atoms with van der Waals surface area (Å²) >= 11 is 0. The van der Waals surface area contributed by atoms with E-state index in [4.69, 9.17) is 0 Å². The number of nitrogens with one attached hydrogen (secondary N) is 1. The maximum atomic E-state index is 12.6. The number of halogens is 3. The molecule has 3 aromatic rings. The fraction of sp³-hybridized carbons (Fsp3) is 0.188. The van der Waals surface area contributed by atoms with Crippen molar-refractivity contribution in [2.45, 2.75) is 19.1 Å². The number of nitrogens with zero attached hydrogens (tertiary/aromatic N) is 3. The minimum atomic E-state index is -4.38. The summed E-state index contributed by atoms with van der Waals surface area (Å²) in [6, 6.07) is 7.55. The van der Waals surface area contributed by atoms with Crippen molar-refractivity contribution in [2.75, 3.05) is 0 Å². The molecule has 0 saturated carbocycles. The number of carbonyl (C=O) groups excluding carboxylic acids is 1. The lowest BCUT2D eigenvalue weighted by Crippen LogP contribution is -2.26. The molecule has 5 nitrogen and oxygen atoms in total. The monoisotopic (exact) mass is 334 g/mol. The third kappa shape index (κ3) is 3.22. The van der Waals surface area contributed by atoms with Gasteiger partial charge < -0.3 is 5.32 Å². The van der Waals surface area contributed by atoms with Gasteiger partial charge in [0, 0.05) is 6.20 Å². The zero-order chi connectivity index (χ0) is 17.3. The van der Waals surface area contributed by atoms with Gasteiger partial charge in [-0.2, -0.15) is 13.2 Å². The minimum Gasteiger partial charge on any atom is -0.345 e. The lowest BCUT2D eigenvalue weighted by atomic mass is 10.1. The Morgan fingerprint density at radius 1 is 1.17 bits per heavy atom. The minimum absolute atomic E-state index is 0.335. The first-order chi connectivity index (χ1) is 11.3. The van der Waals surface area contributed by atoms with Gasteiger partial charge in [-0.05, 0) is 36.8 Å². The van der Waals surface area contributed by atoms with Crippen molar-refractivity contribution in [3.63, 3.8) is 0 Å². The Morgan fingerprint density at radius 3 is 2.54 bits per heavy atom. The molecule has 2 heterocycles. The van der Waals surface area contributed by atoms with Gasteiger partial charge in [0.2, 0.25) is 0 Å². The van der Waals surface area contributed by atoms with Crippen LogP contribution in [-0.2, 0) is 6.18 Å². The molecule has 0 spiro atoms. The molecule has 0 radical (unpaired) electrons. The second kappa shape index (κ2) is 5.95. The van der Waals surface area contributed by atoms with Crippen LogP contribution in [0.25, 0.3) is 5.65 Å². The van der Waals surface area contributed by atoms with Crippen LogP contribution in [0.4, 0.5) is 13.2 Å². The van der Waals surface area contributed by atoms with E-state index in [0.29, 0.717) is 16.8 Å². The van der Waals surface area contributed by atoms with Crippen molar-refractivity contribution in [3.05, 3.63) is 65.6 Å². The predicted molar refractivity (Wildman–Crippen MR) is 80.3 cm³/mol. The van der Waals surface area contributed by atoms with E-state index < -0.39 is 17.8 Å². The third-order valence-corrected chi connectivity index (χ3v) is 3.64. The maximum Gasteiger partial charge on any atom is 0.416 e. The molecule has 24 heavy (non-hydrogen) atoms. The van der Waals surface area contributed by atoms with E-state index in [-0.39, 0.29) is 5.91 Å². The highest BCUT2D eigenvalue weighted by Gasteiger charge is 2.30. The van der Waals surface area contributed by atoms with Crippen LogP contribution in [0.1, 0.15) is 34.5 Å². The highest BCUT2D eigenvalue weighted by Crippen LogP contribution is 2.29. The molecule has 1 N–H and O–H groups in total. The van der Waals surface area contributed by atoms with Crippen molar-refractivity contribution in [1.29, 1.82) is 0 Å². The Bertz CT molecular complexity index is 871. The van der Waals surface area contributed by atoms with Crippen LogP contribution in [0.5, 0.6) is 0 Å². The average Bonchev–Trinajstić information content (AvgIpc) is 3.01. The summed E-state index contributed by atoms with van der Waals surface area (Å²) in [5.41, 5.74) is 0.882. The molecule has 0 bridgehead atoms. The van der Waals surface area contributed by atoms with Crippen LogP contribution in [-0.4, -0.2) is 20.5 Å². The first kappa shape index (κ1) is 16.0. The average molecular weight is 334 g/mol. The summed E-state index contributed by atoms with van der Waals surface area (Å²) in [5.74, 6) is -0.335. The van der Waals surface area contributed by atoms with E-state index in [1.54, 1.807) is 29.7 Å². The molecule has 0 aliphatic heterocycles. The molecule has 2 aromatic heterocycles. The third-order valence-electron chi connectivity index (χ3n) is 3.64. The van der Waals surface area contributed by atoms with Gasteiger partial charge in [-0.3, -0.25) is 9.20 Å². The second-order valence-corrected chi connectivity index (χ2v) is 5.33. The van der Waals surface area contributed by atoms with Crippen LogP contribution in [0.15, 0.2) is 48.9 Å². The fourth-order valence-corrected chi connectivity index (χ4v) is 2.29. The van der Waals surface area contributed by atoms with Gasteiger partial charge >= 0.3 is 6.18 Å². The van der Waals surface area contributed by atoms with E-state index in [0.717, 1.165) is 12.1 Å². The van der Waals surface area contributed by atoms with Gasteiger partial charge in [0.25, 0.3) is 5.91 Å². The van der Waals surface area contributed by atoms with Gasteiger partial charge in [-0.1, -0.05) is 12.1 Å². The molecular formula is C16H13F3N4O. The number of aromatic nitrogens is 3. The van der Waals surface area contributed by atoms with Gasteiger partial charge in [-0.25, -0.2) is 0 Å². The summed E-state index contributed by atoms with van der Waals surface area (Å²) in [4.78, 5) is 12.3. The fourth-order valence-electron chi connectivity index (χ4n) is 2.29. The molecular weight excluding hydrogens is 321 g/mol. The van der Waals surface area contributed by atoms with Crippen LogP contribution in [0, 0.1) is 0 Å². The van der Waals surface area contributed by atoms with E-state index in [9.17, 15) is 18.0 Å². The number of fused-ring (bicyclic) bond motifs is 1. The Labute approximate surface area is 135 Å². The normalized spacial score (nSPS) is 13.0. The largest absolute Gasteiger partial charge is 0.416 e. The quantitative estimate of drug-likeness (QED) is 0.800. The number of hydrogen-bond donors (Lipinski definition) is 1. The molecule has 0 unspecified atom stereocenters. The topological polar surface area (TPSA) is 59.3 Å².